The van der Waals surface area contributed by atoms with E-state index in [-0.39, 0.29) is 18.1 Å². The molecule has 0 aliphatic carbocycles. The lowest BCUT2D eigenvalue weighted by Crippen LogP contribution is -2.09. The monoisotopic (exact) mass is 485 g/mol. The van der Waals surface area contributed by atoms with Crippen LogP contribution < -0.4 is 0 Å². The first-order valence-corrected chi connectivity index (χ1v) is 13.7. The van der Waals surface area contributed by atoms with Crippen LogP contribution in [0.1, 0.15) is 37.3 Å². The number of rotatable bonds is 11. The minimum absolute atomic E-state index is 0.00202. The molecule has 0 saturated carbocycles. The molecule has 0 spiro atoms. The van der Waals surface area contributed by atoms with E-state index in [9.17, 15) is 12.6 Å². The summed E-state index contributed by atoms with van der Waals surface area (Å²) in [5.74, 6) is 2.39. The molecule has 0 aliphatic rings. The van der Waals surface area contributed by atoms with Gasteiger partial charge in [0.2, 0.25) is 0 Å². The normalized spacial score (nSPS) is 14.1. The summed E-state index contributed by atoms with van der Waals surface area (Å²) in [4.78, 5) is 0.669. The van der Waals surface area contributed by atoms with Crippen LogP contribution in [0, 0.1) is 26.2 Å². The summed E-state index contributed by atoms with van der Waals surface area (Å²) in [6, 6.07) is 13.3. The lowest BCUT2D eigenvalue weighted by Gasteiger charge is -2.13. The van der Waals surface area contributed by atoms with Crippen LogP contribution in [0.25, 0.3) is 0 Å². The van der Waals surface area contributed by atoms with Crippen molar-refractivity contribution < 1.29 is 17.4 Å². The fourth-order valence-electron chi connectivity index (χ4n) is 2.91. The molecule has 0 aliphatic heterocycles. The molecule has 0 amide bonds. The van der Waals surface area contributed by atoms with E-state index in [2.05, 4.69) is 16.6 Å². The number of terminal acetylenes is 1. The molecule has 33 heavy (non-hydrogen) atoms. The Morgan fingerprint density at radius 3 is 2.12 bits per heavy atom. The lowest BCUT2D eigenvalue weighted by molar-refractivity contribution is 0.199. The standard InChI is InChI=1S/C26H31NO4S2/c1-5-7-8-10-24(11-9-21-31-20-6-2)32(28,25-16-12-22(3)13-17-25)27-33(29,30)26-18-14-23(4)15-19-26/h2,9-19H,5,7-8,20-21H2,1,3-4H3/b11-9+,24-10-/t32-/m1/s1. The molecule has 176 valence electrons. The Kier molecular flexibility index (Phi) is 10.1. The van der Waals surface area contributed by atoms with E-state index in [0.29, 0.717) is 16.2 Å². The summed E-state index contributed by atoms with van der Waals surface area (Å²) >= 11 is 0. The van der Waals surface area contributed by atoms with Crippen LogP contribution in [-0.4, -0.2) is 25.8 Å². The molecule has 0 N–H and O–H groups in total. The Morgan fingerprint density at radius 1 is 1.00 bits per heavy atom. The first-order chi connectivity index (χ1) is 15.7. The van der Waals surface area contributed by atoms with E-state index in [4.69, 9.17) is 11.2 Å². The van der Waals surface area contributed by atoms with Crippen molar-refractivity contribution in [2.24, 2.45) is 3.77 Å². The van der Waals surface area contributed by atoms with Crippen molar-refractivity contribution in [3.63, 3.8) is 0 Å². The van der Waals surface area contributed by atoms with Gasteiger partial charge in [0.1, 0.15) is 16.3 Å². The molecule has 0 heterocycles. The number of sulfonamides is 1. The quantitative estimate of drug-likeness (QED) is 0.229. The van der Waals surface area contributed by atoms with Crippen molar-refractivity contribution in [1.29, 1.82) is 0 Å². The Bertz CT molecular complexity index is 1240. The zero-order chi connectivity index (χ0) is 24.3. The first kappa shape index (κ1) is 26.6. The Hall–Kier alpha value is -2.66. The van der Waals surface area contributed by atoms with Gasteiger partial charge in [-0.3, -0.25) is 0 Å². The Morgan fingerprint density at radius 2 is 1.58 bits per heavy atom. The maximum Gasteiger partial charge on any atom is 0.290 e. The van der Waals surface area contributed by atoms with Crippen LogP contribution in [0.5, 0.6) is 0 Å². The van der Waals surface area contributed by atoms with Crippen molar-refractivity contribution in [2.45, 2.75) is 49.8 Å². The van der Waals surface area contributed by atoms with E-state index >= 15 is 0 Å². The summed E-state index contributed by atoms with van der Waals surface area (Å²) in [5.41, 5.74) is 1.89. The van der Waals surface area contributed by atoms with Crippen LogP contribution in [0.4, 0.5) is 0 Å². The van der Waals surface area contributed by atoms with E-state index in [1.165, 1.54) is 12.1 Å². The number of aryl methyl sites for hydroxylation is 2. The van der Waals surface area contributed by atoms with Crippen molar-refractivity contribution in [2.75, 3.05) is 13.2 Å². The first-order valence-electron chi connectivity index (χ1n) is 10.8. The minimum atomic E-state index is -4.19. The van der Waals surface area contributed by atoms with Gasteiger partial charge >= 0.3 is 0 Å². The van der Waals surface area contributed by atoms with Gasteiger partial charge < -0.3 is 4.74 Å². The lowest BCUT2D eigenvalue weighted by atomic mass is 10.2. The van der Waals surface area contributed by atoms with Crippen molar-refractivity contribution in [1.82, 2.24) is 0 Å². The average Bonchev–Trinajstić information content (AvgIpc) is 2.78. The van der Waals surface area contributed by atoms with Gasteiger partial charge in [-0.05, 0) is 50.6 Å². The Balaban J connectivity index is 2.69. The van der Waals surface area contributed by atoms with Gasteiger partial charge in [-0.25, -0.2) is 4.21 Å². The number of hydrogen-bond donors (Lipinski definition) is 0. The van der Waals surface area contributed by atoms with Crippen molar-refractivity contribution in [3.8, 4) is 12.3 Å². The van der Waals surface area contributed by atoms with Crippen LogP contribution in [0.15, 0.2) is 85.2 Å². The van der Waals surface area contributed by atoms with Gasteiger partial charge in [0, 0.05) is 4.91 Å². The molecule has 0 radical (unpaired) electrons. The highest BCUT2D eigenvalue weighted by Gasteiger charge is 2.23. The summed E-state index contributed by atoms with van der Waals surface area (Å²) < 4.78 is 50.2. The second-order valence-corrected chi connectivity index (χ2v) is 11.6. The fourth-order valence-corrected chi connectivity index (χ4v) is 6.93. The maximum absolute atomic E-state index is 14.4. The molecule has 5 nitrogen and oxygen atoms in total. The largest absolute Gasteiger partial charge is 0.365 e. The maximum atomic E-state index is 14.4. The average molecular weight is 486 g/mol. The van der Waals surface area contributed by atoms with Crippen molar-refractivity contribution in [3.05, 3.63) is 82.8 Å². The third-order valence-corrected chi connectivity index (χ3v) is 9.11. The minimum Gasteiger partial charge on any atom is -0.365 e. The molecular formula is C26H31NO4S2. The second-order valence-electron chi connectivity index (χ2n) is 7.57. The summed E-state index contributed by atoms with van der Waals surface area (Å²) in [6.45, 7) is 6.19. The molecule has 2 aromatic carbocycles. The topological polar surface area (TPSA) is 72.8 Å². The van der Waals surface area contributed by atoms with Gasteiger partial charge in [-0.15, -0.1) is 6.42 Å². The van der Waals surface area contributed by atoms with Gasteiger partial charge in [0.15, 0.2) is 0 Å². The molecule has 7 heteroatoms. The predicted octanol–water partition coefficient (Wildman–Crippen LogP) is 5.80. The zero-order valence-electron chi connectivity index (χ0n) is 19.4. The van der Waals surface area contributed by atoms with Crippen LogP contribution in [0.2, 0.25) is 0 Å². The van der Waals surface area contributed by atoms with E-state index in [1.807, 2.05) is 13.8 Å². The van der Waals surface area contributed by atoms with Crippen LogP contribution in [-0.2, 0) is 24.5 Å². The number of allylic oxidation sites excluding steroid dienone is 2. The molecule has 1 atom stereocenters. The molecule has 0 bridgehead atoms. The molecular weight excluding hydrogens is 454 g/mol. The van der Waals surface area contributed by atoms with Gasteiger partial charge in [0.05, 0.1) is 16.4 Å². The van der Waals surface area contributed by atoms with E-state index in [0.717, 1.165) is 24.0 Å². The van der Waals surface area contributed by atoms with Gasteiger partial charge in [0.25, 0.3) is 10.0 Å². The number of benzene rings is 2. The Labute approximate surface area is 198 Å². The highest BCUT2D eigenvalue weighted by Crippen LogP contribution is 2.28. The van der Waals surface area contributed by atoms with Gasteiger partial charge in [-0.2, -0.15) is 8.42 Å². The number of nitrogens with zero attached hydrogens (tertiary/aromatic N) is 1. The van der Waals surface area contributed by atoms with E-state index < -0.39 is 19.8 Å². The third kappa shape index (κ3) is 7.71. The molecule has 0 saturated heterocycles. The molecule has 0 aromatic heterocycles. The SMILES string of the molecule is C#CCOC/C=C/C(=C/CCCC)[S@](=O)(=NS(=O)(=O)c1ccc(C)cc1)c1ccc(C)cc1. The van der Waals surface area contributed by atoms with Crippen molar-refractivity contribution >= 4 is 19.8 Å². The molecule has 0 unspecified atom stereocenters. The number of hydrogen-bond acceptors (Lipinski definition) is 4. The van der Waals surface area contributed by atoms with Gasteiger partial charge in [-0.1, -0.05) is 77.0 Å². The molecule has 2 aromatic rings. The summed E-state index contributed by atoms with van der Waals surface area (Å²) in [6.07, 6.45) is 12.8. The zero-order valence-corrected chi connectivity index (χ0v) is 21.0. The van der Waals surface area contributed by atoms with Crippen LogP contribution in [0.3, 0.4) is 0 Å². The third-order valence-electron chi connectivity index (χ3n) is 4.77. The number of unbranched alkanes of at least 4 members (excludes halogenated alkanes) is 2. The fraction of sp³-hybridized carbons (Fsp3) is 0.308. The summed E-state index contributed by atoms with van der Waals surface area (Å²) in [7, 11) is -7.69. The summed E-state index contributed by atoms with van der Waals surface area (Å²) in [5, 5.41) is 0. The van der Waals surface area contributed by atoms with E-state index in [1.54, 1.807) is 54.6 Å². The number of ether oxygens (including phenoxy) is 1. The smallest absolute Gasteiger partial charge is 0.290 e. The predicted molar refractivity (Wildman–Crippen MR) is 135 cm³/mol. The molecule has 2 rings (SSSR count). The highest BCUT2D eigenvalue weighted by molar-refractivity contribution is 8.05. The molecule has 0 fully saturated rings. The highest BCUT2D eigenvalue weighted by atomic mass is 32.3. The second kappa shape index (κ2) is 12.5. The van der Waals surface area contributed by atoms with Crippen LogP contribution >= 0.6 is 0 Å².